The zero-order valence-electron chi connectivity index (χ0n) is 27.1. The van der Waals surface area contributed by atoms with Crippen LogP contribution in [-0.2, 0) is 19.6 Å². The van der Waals surface area contributed by atoms with Gasteiger partial charge < -0.3 is 44.5 Å². The van der Waals surface area contributed by atoms with Crippen molar-refractivity contribution in [1.29, 1.82) is 0 Å². The molecule has 270 valence electrons. The number of anilines is 1. The predicted octanol–water partition coefficient (Wildman–Crippen LogP) is 2.97. The summed E-state index contributed by atoms with van der Waals surface area (Å²) < 4.78 is 49.4. The van der Waals surface area contributed by atoms with Crippen molar-refractivity contribution >= 4 is 21.7 Å². The molecule has 0 aliphatic carbocycles. The van der Waals surface area contributed by atoms with Crippen LogP contribution in [0.15, 0.2) is 97.1 Å². The predicted molar refractivity (Wildman–Crippen MR) is 182 cm³/mol. The van der Waals surface area contributed by atoms with Crippen LogP contribution in [0.25, 0.3) is 11.1 Å². The molecule has 6 N–H and O–H groups in total. The number of carbonyl (C=O) groups is 1. The van der Waals surface area contributed by atoms with Crippen LogP contribution in [0.1, 0.15) is 36.1 Å². The molecule has 4 aromatic rings. The molecule has 0 aromatic heterocycles. The van der Waals surface area contributed by atoms with Crippen molar-refractivity contribution in [3.8, 4) is 22.6 Å². The van der Waals surface area contributed by atoms with Crippen LogP contribution in [-0.4, -0.2) is 87.8 Å². The molecule has 51 heavy (non-hydrogen) atoms. The van der Waals surface area contributed by atoms with Crippen molar-refractivity contribution in [2.45, 2.75) is 55.5 Å². The number of carbonyl (C=O) groups excluding carboxylic acids is 1. The maximum Gasteiger partial charge on any atom is 0.311 e. The molecule has 0 spiro atoms. The molecule has 12 nitrogen and oxygen atoms in total. The third kappa shape index (κ3) is 7.77. The number of hydrogen-bond acceptors (Lipinski definition) is 11. The fourth-order valence-electron chi connectivity index (χ4n) is 6.63. The number of para-hydroxylation sites is 1. The second kappa shape index (κ2) is 15.1. The van der Waals surface area contributed by atoms with Gasteiger partial charge in [0.25, 0.3) is 0 Å². The Labute approximate surface area is 293 Å². The molecule has 8 unspecified atom stereocenters. The number of ether oxygens (including phenoxy) is 1. The highest BCUT2D eigenvalue weighted by Gasteiger charge is 2.49. The standard InChI is InChI=1S/C37H38FNO11S/c38-24-11-6-22(7-12-24)29(41)17-16-28-33(39(37(28)46)25-4-2-1-3-5-25)27-15-10-23(18-30(27)42)21-8-13-26(14-9-21)50-51(47,48)20-32-35(44)36(45)34(43)31(19-40)49-32/h1-15,18,28-29,31-36,40-45H,16-17,19-20H2. The Hall–Kier alpha value is -4.41. The number of benzene rings is 4. The number of halogens is 1. The highest BCUT2D eigenvalue weighted by Crippen LogP contribution is 2.49. The Balaban J connectivity index is 1.16. The lowest BCUT2D eigenvalue weighted by atomic mass is 9.77. The third-order valence-corrected chi connectivity index (χ3v) is 10.6. The Kier molecular flexibility index (Phi) is 10.7. The summed E-state index contributed by atoms with van der Waals surface area (Å²) in [7, 11) is -4.36. The van der Waals surface area contributed by atoms with Gasteiger partial charge in [0, 0.05) is 11.3 Å². The van der Waals surface area contributed by atoms with Gasteiger partial charge in [0.2, 0.25) is 5.91 Å². The first-order valence-corrected chi connectivity index (χ1v) is 17.9. The second-order valence-electron chi connectivity index (χ2n) is 12.7. The van der Waals surface area contributed by atoms with E-state index in [2.05, 4.69) is 0 Å². The zero-order chi connectivity index (χ0) is 36.4. The van der Waals surface area contributed by atoms with Crippen LogP contribution in [0.2, 0.25) is 0 Å². The van der Waals surface area contributed by atoms with Crippen LogP contribution in [0.3, 0.4) is 0 Å². The number of aliphatic hydroxyl groups is 5. The fourth-order valence-corrected chi connectivity index (χ4v) is 7.78. The van der Waals surface area contributed by atoms with Crippen molar-refractivity contribution in [3.05, 3.63) is 114 Å². The van der Waals surface area contributed by atoms with E-state index in [1.807, 2.05) is 18.2 Å². The van der Waals surface area contributed by atoms with Crippen molar-refractivity contribution in [2.24, 2.45) is 5.92 Å². The molecule has 0 bridgehead atoms. The lowest BCUT2D eigenvalue weighted by Crippen LogP contribution is -2.60. The maximum absolute atomic E-state index is 13.5. The summed E-state index contributed by atoms with van der Waals surface area (Å²) in [5.41, 5.74) is 2.90. The maximum atomic E-state index is 13.5. The lowest BCUT2D eigenvalue weighted by Gasteiger charge is -2.48. The molecule has 0 saturated carbocycles. The smallest absolute Gasteiger partial charge is 0.311 e. The van der Waals surface area contributed by atoms with E-state index in [9.17, 15) is 48.2 Å². The largest absolute Gasteiger partial charge is 0.508 e. The van der Waals surface area contributed by atoms with Gasteiger partial charge in [-0.2, -0.15) is 8.42 Å². The number of aliphatic hydroxyl groups excluding tert-OH is 5. The number of phenols is 1. The molecule has 14 heteroatoms. The van der Waals surface area contributed by atoms with Gasteiger partial charge >= 0.3 is 10.1 Å². The van der Waals surface area contributed by atoms with E-state index in [0.717, 1.165) is 0 Å². The van der Waals surface area contributed by atoms with Crippen molar-refractivity contribution in [2.75, 3.05) is 17.3 Å². The Bertz CT molecular complexity index is 1930. The van der Waals surface area contributed by atoms with Crippen molar-refractivity contribution in [1.82, 2.24) is 0 Å². The number of amides is 1. The normalized spacial score (nSPS) is 25.6. The molecule has 2 aliphatic rings. The van der Waals surface area contributed by atoms with E-state index >= 15 is 0 Å². The highest BCUT2D eigenvalue weighted by atomic mass is 32.2. The number of phenolic OH excluding ortho intramolecular Hbond substituents is 1. The minimum absolute atomic E-state index is 0.0543. The Morgan fingerprint density at radius 1 is 0.843 bits per heavy atom. The zero-order valence-corrected chi connectivity index (χ0v) is 28.0. The molecular weight excluding hydrogens is 685 g/mol. The minimum Gasteiger partial charge on any atom is -0.508 e. The van der Waals surface area contributed by atoms with Crippen LogP contribution < -0.4 is 9.08 Å². The molecule has 2 aliphatic heterocycles. The summed E-state index contributed by atoms with van der Waals surface area (Å²) in [5.74, 6) is -2.10. The van der Waals surface area contributed by atoms with Crippen molar-refractivity contribution < 1.29 is 57.2 Å². The molecule has 0 radical (unpaired) electrons. The summed E-state index contributed by atoms with van der Waals surface area (Å²) in [6, 6.07) is 25.0. The fraction of sp³-hybridized carbons (Fsp3) is 0.324. The van der Waals surface area contributed by atoms with E-state index in [4.69, 9.17) is 8.92 Å². The molecule has 1 amide bonds. The van der Waals surface area contributed by atoms with Crippen LogP contribution >= 0.6 is 0 Å². The van der Waals surface area contributed by atoms with Crippen LogP contribution in [0, 0.1) is 11.7 Å². The average Bonchev–Trinajstić information content (AvgIpc) is 3.11. The topological polar surface area (TPSA) is 194 Å². The van der Waals surface area contributed by atoms with Crippen LogP contribution in [0.4, 0.5) is 10.1 Å². The van der Waals surface area contributed by atoms with E-state index in [-0.39, 0.29) is 23.8 Å². The summed E-state index contributed by atoms with van der Waals surface area (Å²) in [4.78, 5) is 15.1. The molecule has 8 atom stereocenters. The summed E-state index contributed by atoms with van der Waals surface area (Å²) in [5, 5.41) is 61.5. The number of hydrogen-bond donors (Lipinski definition) is 6. The highest BCUT2D eigenvalue weighted by molar-refractivity contribution is 7.87. The van der Waals surface area contributed by atoms with Gasteiger partial charge in [0.15, 0.2) is 0 Å². The Morgan fingerprint density at radius 3 is 2.14 bits per heavy atom. The van der Waals surface area contributed by atoms with E-state index in [1.165, 1.54) is 42.5 Å². The van der Waals surface area contributed by atoms with Gasteiger partial charge in [0.05, 0.1) is 24.7 Å². The number of rotatable bonds is 12. The van der Waals surface area contributed by atoms with E-state index in [1.54, 1.807) is 41.3 Å². The molecule has 2 fully saturated rings. The molecular formula is C37H38FNO11S. The summed E-state index contributed by atoms with van der Waals surface area (Å²) in [6.07, 6.45) is -8.16. The first kappa shape index (κ1) is 36.4. The first-order valence-electron chi connectivity index (χ1n) is 16.3. The lowest BCUT2D eigenvalue weighted by molar-refractivity contribution is -0.223. The summed E-state index contributed by atoms with van der Waals surface area (Å²) >= 11 is 0. The third-order valence-electron chi connectivity index (χ3n) is 9.37. The minimum atomic E-state index is -4.36. The van der Waals surface area contributed by atoms with Gasteiger partial charge in [-0.05, 0) is 72.0 Å². The molecule has 6 rings (SSSR count). The van der Waals surface area contributed by atoms with Gasteiger partial charge in [-0.3, -0.25) is 4.79 Å². The van der Waals surface area contributed by atoms with Gasteiger partial charge in [0.1, 0.15) is 53.6 Å². The number of β-lactam (4-membered cyclic amide) rings is 1. The van der Waals surface area contributed by atoms with Gasteiger partial charge in [-0.15, -0.1) is 0 Å². The first-order chi connectivity index (χ1) is 24.4. The van der Waals surface area contributed by atoms with Gasteiger partial charge in [-0.25, -0.2) is 4.39 Å². The second-order valence-corrected chi connectivity index (χ2v) is 14.3. The summed E-state index contributed by atoms with van der Waals surface area (Å²) in [6.45, 7) is -0.700. The van der Waals surface area contributed by atoms with E-state index in [0.29, 0.717) is 34.4 Å². The molecule has 4 aromatic carbocycles. The monoisotopic (exact) mass is 723 g/mol. The Morgan fingerprint density at radius 2 is 1.49 bits per heavy atom. The average molecular weight is 724 g/mol. The number of aromatic hydroxyl groups is 1. The van der Waals surface area contributed by atoms with E-state index < -0.39 is 76.9 Å². The number of nitrogens with zero attached hydrogens (tertiary/aromatic N) is 1. The van der Waals surface area contributed by atoms with Gasteiger partial charge in [-0.1, -0.05) is 54.6 Å². The molecule has 2 saturated heterocycles. The molecule has 2 heterocycles. The van der Waals surface area contributed by atoms with Crippen LogP contribution in [0.5, 0.6) is 11.5 Å². The van der Waals surface area contributed by atoms with Crippen molar-refractivity contribution in [3.63, 3.8) is 0 Å². The SMILES string of the molecule is O=C1C(CCC(O)c2ccc(F)cc2)C(c2ccc(-c3ccc(OS(=O)(=O)CC4OC(CO)C(O)C(O)C4O)cc3)cc2O)N1c1ccccc1. The quantitative estimate of drug-likeness (QED) is 0.0930.